The topological polar surface area (TPSA) is 62.8 Å². The van der Waals surface area contributed by atoms with Crippen molar-refractivity contribution in [1.29, 1.82) is 0 Å². The van der Waals surface area contributed by atoms with E-state index in [1.54, 1.807) is 0 Å². The Hall–Kier alpha value is -2.73. The molecule has 2 aliphatic heterocycles. The molecule has 2 aromatic carbocycles. The second-order valence-corrected chi connectivity index (χ2v) is 7.39. The maximum absolute atomic E-state index is 12.9. The highest BCUT2D eigenvalue weighted by Crippen LogP contribution is 2.32. The normalized spacial score (nSPS) is 17.5. The molecule has 4 rings (SSSR count). The standard InChI is InChI=1S/C22H27N3O3/c26-22(24-11-9-17-4-2-1-3-5-17)25(15-19-8-10-23-13-19)14-18-6-7-20-21(12-18)28-16-27-20/h1-7,12,19,23H,8-11,13-16H2,(H,24,26). The molecule has 28 heavy (non-hydrogen) atoms. The molecule has 0 radical (unpaired) electrons. The molecule has 2 heterocycles. The molecule has 1 fully saturated rings. The van der Waals surface area contributed by atoms with Crippen LogP contribution in [0.4, 0.5) is 4.79 Å². The number of nitrogens with zero attached hydrogens (tertiary/aromatic N) is 1. The van der Waals surface area contributed by atoms with Crippen molar-refractivity contribution in [2.24, 2.45) is 5.92 Å². The van der Waals surface area contributed by atoms with Crippen LogP contribution in [0.3, 0.4) is 0 Å². The van der Waals surface area contributed by atoms with Gasteiger partial charge in [-0.15, -0.1) is 0 Å². The van der Waals surface area contributed by atoms with Crippen LogP contribution in [-0.4, -0.2) is 43.9 Å². The van der Waals surface area contributed by atoms with Crippen LogP contribution in [0.25, 0.3) is 0 Å². The first kappa shape index (κ1) is 18.6. The molecule has 148 valence electrons. The highest BCUT2D eigenvalue weighted by atomic mass is 16.7. The van der Waals surface area contributed by atoms with Crippen LogP contribution >= 0.6 is 0 Å². The van der Waals surface area contributed by atoms with E-state index in [-0.39, 0.29) is 12.8 Å². The molecule has 2 amide bonds. The Morgan fingerprint density at radius 2 is 1.96 bits per heavy atom. The van der Waals surface area contributed by atoms with Crippen LogP contribution in [0.1, 0.15) is 17.5 Å². The number of carbonyl (C=O) groups excluding carboxylic acids is 1. The van der Waals surface area contributed by atoms with Gasteiger partial charge >= 0.3 is 6.03 Å². The third kappa shape index (κ3) is 4.75. The number of fused-ring (bicyclic) bond motifs is 1. The van der Waals surface area contributed by atoms with Crippen LogP contribution in [-0.2, 0) is 13.0 Å². The lowest BCUT2D eigenvalue weighted by Gasteiger charge is -2.26. The summed E-state index contributed by atoms with van der Waals surface area (Å²) in [6.45, 7) is 4.19. The SMILES string of the molecule is O=C(NCCc1ccccc1)N(Cc1ccc2c(c1)OCO2)CC1CCNC1. The predicted octanol–water partition coefficient (Wildman–Crippen LogP) is 2.78. The smallest absolute Gasteiger partial charge is 0.317 e. The van der Waals surface area contributed by atoms with Crippen LogP contribution in [0.2, 0.25) is 0 Å². The Bertz CT molecular complexity index is 791. The highest BCUT2D eigenvalue weighted by molar-refractivity contribution is 5.74. The number of urea groups is 1. The van der Waals surface area contributed by atoms with Gasteiger partial charge in [0.25, 0.3) is 0 Å². The lowest BCUT2D eigenvalue weighted by Crippen LogP contribution is -2.43. The number of carbonyl (C=O) groups is 1. The Labute approximate surface area is 165 Å². The largest absolute Gasteiger partial charge is 0.454 e. The van der Waals surface area contributed by atoms with E-state index >= 15 is 0 Å². The van der Waals surface area contributed by atoms with Gasteiger partial charge in [-0.2, -0.15) is 0 Å². The molecular formula is C22H27N3O3. The molecular weight excluding hydrogens is 354 g/mol. The summed E-state index contributed by atoms with van der Waals surface area (Å²) in [5.41, 5.74) is 2.28. The van der Waals surface area contributed by atoms with Crippen LogP contribution < -0.4 is 20.1 Å². The number of rotatable bonds is 7. The number of amides is 2. The molecule has 2 aliphatic rings. The molecule has 0 aliphatic carbocycles. The molecule has 0 saturated carbocycles. The third-order valence-corrected chi connectivity index (χ3v) is 5.27. The van der Waals surface area contributed by atoms with Crippen LogP contribution in [0.15, 0.2) is 48.5 Å². The zero-order valence-corrected chi connectivity index (χ0v) is 16.0. The molecule has 0 spiro atoms. The van der Waals surface area contributed by atoms with Crippen molar-refractivity contribution in [2.45, 2.75) is 19.4 Å². The van der Waals surface area contributed by atoms with E-state index in [0.717, 1.165) is 49.5 Å². The van der Waals surface area contributed by atoms with Crippen molar-refractivity contribution in [2.75, 3.05) is 33.0 Å². The molecule has 6 nitrogen and oxygen atoms in total. The molecule has 1 unspecified atom stereocenters. The maximum atomic E-state index is 12.9. The number of ether oxygens (including phenoxy) is 2. The van der Waals surface area contributed by atoms with Crippen molar-refractivity contribution in [3.8, 4) is 11.5 Å². The van der Waals surface area contributed by atoms with Gasteiger partial charge in [0.2, 0.25) is 6.79 Å². The number of hydrogen-bond donors (Lipinski definition) is 2. The summed E-state index contributed by atoms with van der Waals surface area (Å²) in [7, 11) is 0. The average Bonchev–Trinajstić information content (AvgIpc) is 3.39. The van der Waals surface area contributed by atoms with Crippen LogP contribution in [0.5, 0.6) is 11.5 Å². The van der Waals surface area contributed by atoms with Gasteiger partial charge in [-0.3, -0.25) is 0 Å². The average molecular weight is 381 g/mol. The lowest BCUT2D eigenvalue weighted by molar-refractivity contribution is 0.173. The number of benzene rings is 2. The fourth-order valence-corrected chi connectivity index (χ4v) is 3.73. The van der Waals surface area contributed by atoms with E-state index in [1.165, 1.54) is 5.56 Å². The van der Waals surface area contributed by atoms with E-state index < -0.39 is 0 Å². The number of nitrogens with one attached hydrogen (secondary N) is 2. The van der Waals surface area contributed by atoms with E-state index in [9.17, 15) is 4.79 Å². The Balaban J connectivity index is 1.38. The Morgan fingerprint density at radius 3 is 2.79 bits per heavy atom. The molecule has 6 heteroatoms. The van der Waals surface area contributed by atoms with Crippen molar-refractivity contribution in [3.63, 3.8) is 0 Å². The summed E-state index contributed by atoms with van der Waals surface area (Å²) in [4.78, 5) is 14.8. The first-order valence-corrected chi connectivity index (χ1v) is 9.94. The van der Waals surface area contributed by atoms with Crippen molar-refractivity contribution < 1.29 is 14.3 Å². The Morgan fingerprint density at radius 1 is 1.11 bits per heavy atom. The maximum Gasteiger partial charge on any atom is 0.317 e. The fraction of sp³-hybridized carbons (Fsp3) is 0.409. The van der Waals surface area contributed by atoms with Crippen molar-refractivity contribution >= 4 is 6.03 Å². The van der Waals surface area contributed by atoms with Gasteiger partial charge in [0.15, 0.2) is 11.5 Å². The minimum absolute atomic E-state index is 0.0134. The van der Waals surface area contributed by atoms with Gasteiger partial charge in [-0.25, -0.2) is 4.79 Å². The molecule has 0 bridgehead atoms. The number of hydrogen-bond acceptors (Lipinski definition) is 4. The first-order valence-electron chi connectivity index (χ1n) is 9.94. The van der Waals surface area contributed by atoms with Gasteiger partial charge in [0, 0.05) is 19.6 Å². The zero-order valence-electron chi connectivity index (χ0n) is 16.0. The second-order valence-electron chi connectivity index (χ2n) is 7.39. The van der Waals surface area contributed by atoms with Crippen molar-refractivity contribution in [3.05, 3.63) is 59.7 Å². The summed E-state index contributed by atoms with van der Waals surface area (Å²) in [5, 5.41) is 6.47. The minimum Gasteiger partial charge on any atom is -0.454 e. The summed E-state index contributed by atoms with van der Waals surface area (Å²) in [6, 6.07) is 16.1. The van der Waals surface area contributed by atoms with Gasteiger partial charge in [0.1, 0.15) is 0 Å². The Kier molecular flexibility index (Phi) is 5.97. The monoisotopic (exact) mass is 381 g/mol. The highest BCUT2D eigenvalue weighted by Gasteiger charge is 2.23. The summed E-state index contributed by atoms with van der Waals surface area (Å²) >= 11 is 0. The molecule has 1 saturated heterocycles. The summed E-state index contributed by atoms with van der Waals surface area (Å²) in [6.07, 6.45) is 1.93. The minimum atomic E-state index is -0.0134. The molecule has 2 aromatic rings. The van der Waals surface area contributed by atoms with Gasteiger partial charge in [-0.1, -0.05) is 36.4 Å². The van der Waals surface area contributed by atoms with E-state index in [2.05, 4.69) is 22.8 Å². The lowest BCUT2D eigenvalue weighted by atomic mass is 10.1. The summed E-state index contributed by atoms with van der Waals surface area (Å²) < 4.78 is 10.9. The molecule has 2 N–H and O–H groups in total. The van der Waals surface area contributed by atoms with E-state index in [1.807, 2.05) is 41.3 Å². The van der Waals surface area contributed by atoms with Gasteiger partial charge in [-0.05, 0) is 55.1 Å². The van der Waals surface area contributed by atoms with Crippen molar-refractivity contribution in [1.82, 2.24) is 15.5 Å². The zero-order chi connectivity index (χ0) is 19.2. The third-order valence-electron chi connectivity index (χ3n) is 5.27. The fourth-order valence-electron chi connectivity index (χ4n) is 3.73. The van der Waals surface area contributed by atoms with E-state index in [4.69, 9.17) is 9.47 Å². The van der Waals surface area contributed by atoms with E-state index in [0.29, 0.717) is 19.0 Å². The molecule has 0 aromatic heterocycles. The van der Waals surface area contributed by atoms with Crippen LogP contribution in [0, 0.1) is 5.92 Å². The quantitative estimate of drug-likeness (QED) is 0.774. The predicted molar refractivity (Wildman–Crippen MR) is 107 cm³/mol. The van der Waals surface area contributed by atoms with Gasteiger partial charge < -0.3 is 25.0 Å². The van der Waals surface area contributed by atoms with Gasteiger partial charge in [0.05, 0.1) is 0 Å². The molecule has 1 atom stereocenters. The summed E-state index contributed by atoms with van der Waals surface area (Å²) in [5.74, 6) is 2.01. The second kappa shape index (κ2) is 8.97. The first-order chi connectivity index (χ1) is 13.8.